The number of rotatable bonds is 48. The van der Waals surface area contributed by atoms with E-state index in [0.717, 1.165) is 63.7 Å². The van der Waals surface area contributed by atoms with Gasteiger partial charge in [-0.25, -0.2) is 0 Å². The summed E-state index contributed by atoms with van der Waals surface area (Å²) < 4.78 is 16.8. The lowest BCUT2D eigenvalue weighted by Crippen LogP contribution is -2.30. The van der Waals surface area contributed by atoms with Crippen LogP contribution in [0.3, 0.4) is 0 Å². The quantitative estimate of drug-likeness (QED) is 0.0345. The molecular formula is C53H102O6. The average molecular weight is 835 g/mol. The molecule has 0 N–H and O–H groups in total. The van der Waals surface area contributed by atoms with E-state index in [9.17, 15) is 14.4 Å². The van der Waals surface area contributed by atoms with Crippen LogP contribution in [-0.2, 0) is 28.6 Å². The van der Waals surface area contributed by atoms with Crippen LogP contribution in [0.1, 0.15) is 297 Å². The van der Waals surface area contributed by atoms with Gasteiger partial charge in [0.25, 0.3) is 0 Å². The van der Waals surface area contributed by atoms with Gasteiger partial charge in [-0.3, -0.25) is 14.4 Å². The second-order valence-corrected chi connectivity index (χ2v) is 18.6. The number of ether oxygens (including phenoxy) is 3. The summed E-state index contributed by atoms with van der Waals surface area (Å²) in [6.45, 7) is 9.00. The molecule has 6 nitrogen and oxygen atoms in total. The zero-order chi connectivity index (χ0) is 43.1. The Morgan fingerprint density at radius 3 is 0.831 bits per heavy atom. The molecule has 0 fully saturated rings. The Morgan fingerprint density at radius 2 is 0.559 bits per heavy atom. The molecule has 0 rings (SSSR count). The number of unbranched alkanes of at least 4 members (excludes halogenated alkanes) is 35. The second kappa shape index (κ2) is 47.5. The summed E-state index contributed by atoms with van der Waals surface area (Å²) in [5.41, 5.74) is 0. The molecule has 6 heteroatoms. The third kappa shape index (κ3) is 47.3. The predicted octanol–water partition coefficient (Wildman–Crippen LogP) is 17.1. The number of hydrogen-bond acceptors (Lipinski definition) is 6. The minimum atomic E-state index is -0.759. The van der Waals surface area contributed by atoms with E-state index in [0.29, 0.717) is 19.3 Å². The highest BCUT2D eigenvalue weighted by atomic mass is 16.6. The summed E-state index contributed by atoms with van der Waals surface area (Å²) in [7, 11) is 0. The standard InChI is InChI=1S/C53H102O6/c1-5-7-9-11-13-14-15-16-17-18-19-20-23-26-29-33-37-41-45-52(55)58-48-50(47-57-51(54)44-40-36-31-12-10-8-6-2)59-53(56)46-42-38-34-30-27-24-21-22-25-28-32-35-39-43-49(3)4/h49-50H,5-48H2,1-4H3/t50-/m1/s1. The fraction of sp³-hybridized carbons (Fsp3) is 0.943. The van der Waals surface area contributed by atoms with Gasteiger partial charge >= 0.3 is 17.9 Å². The first kappa shape index (κ1) is 57.4. The SMILES string of the molecule is CCCCCCCCCCCCCCCCCCCCC(=O)OC[C@@H](COC(=O)CCCCCCCCC)OC(=O)CCCCCCCCCCCCCCCC(C)C. The highest BCUT2D eigenvalue weighted by Gasteiger charge is 2.19. The zero-order valence-corrected chi connectivity index (χ0v) is 40.2. The Bertz CT molecular complexity index is 887. The van der Waals surface area contributed by atoms with Crippen molar-refractivity contribution in [3.63, 3.8) is 0 Å². The van der Waals surface area contributed by atoms with Gasteiger partial charge in [-0.2, -0.15) is 0 Å². The van der Waals surface area contributed by atoms with E-state index >= 15 is 0 Å². The van der Waals surface area contributed by atoms with Gasteiger partial charge in [0.15, 0.2) is 6.10 Å². The van der Waals surface area contributed by atoms with Crippen LogP contribution in [0.4, 0.5) is 0 Å². The van der Waals surface area contributed by atoms with Crippen molar-refractivity contribution in [3.05, 3.63) is 0 Å². The molecule has 0 aromatic heterocycles. The maximum absolute atomic E-state index is 12.8. The van der Waals surface area contributed by atoms with Crippen molar-refractivity contribution in [1.29, 1.82) is 0 Å². The number of esters is 3. The van der Waals surface area contributed by atoms with E-state index in [2.05, 4.69) is 27.7 Å². The first-order chi connectivity index (χ1) is 28.9. The molecule has 0 saturated carbocycles. The van der Waals surface area contributed by atoms with E-state index in [1.54, 1.807) is 0 Å². The minimum absolute atomic E-state index is 0.0630. The summed E-state index contributed by atoms with van der Waals surface area (Å²) in [5.74, 6) is -0.0119. The van der Waals surface area contributed by atoms with Crippen molar-refractivity contribution in [1.82, 2.24) is 0 Å². The Kier molecular flexibility index (Phi) is 46.2. The normalized spacial score (nSPS) is 11.9. The molecule has 0 unspecified atom stereocenters. The zero-order valence-electron chi connectivity index (χ0n) is 40.2. The largest absolute Gasteiger partial charge is 0.462 e. The fourth-order valence-electron chi connectivity index (χ4n) is 8.04. The Balaban J connectivity index is 4.18. The highest BCUT2D eigenvalue weighted by Crippen LogP contribution is 2.17. The molecule has 0 spiro atoms. The van der Waals surface area contributed by atoms with Crippen LogP contribution in [0.2, 0.25) is 0 Å². The molecule has 0 aliphatic rings. The molecule has 0 amide bonds. The van der Waals surface area contributed by atoms with Crippen LogP contribution in [0, 0.1) is 5.92 Å². The lowest BCUT2D eigenvalue weighted by atomic mass is 10.0. The molecule has 0 heterocycles. The first-order valence-electron chi connectivity index (χ1n) is 26.4. The van der Waals surface area contributed by atoms with Crippen molar-refractivity contribution in [2.24, 2.45) is 5.92 Å². The lowest BCUT2D eigenvalue weighted by molar-refractivity contribution is -0.167. The Morgan fingerprint density at radius 1 is 0.322 bits per heavy atom. The molecule has 0 saturated heterocycles. The molecule has 0 bridgehead atoms. The summed E-state index contributed by atoms with van der Waals surface area (Å²) in [4.78, 5) is 37.8. The molecule has 0 aliphatic carbocycles. The highest BCUT2D eigenvalue weighted by molar-refractivity contribution is 5.71. The predicted molar refractivity (Wildman–Crippen MR) is 252 cm³/mol. The first-order valence-corrected chi connectivity index (χ1v) is 26.4. The fourth-order valence-corrected chi connectivity index (χ4v) is 8.04. The van der Waals surface area contributed by atoms with E-state index in [1.165, 1.54) is 193 Å². The number of hydrogen-bond donors (Lipinski definition) is 0. The van der Waals surface area contributed by atoms with Gasteiger partial charge in [-0.15, -0.1) is 0 Å². The second-order valence-electron chi connectivity index (χ2n) is 18.6. The van der Waals surface area contributed by atoms with Crippen molar-refractivity contribution in [3.8, 4) is 0 Å². The maximum Gasteiger partial charge on any atom is 0.306 e. The van der Waals surface area contributed by atoms with Crippen molar-refractivity contribution < 1.29 is 28.6 Å². The third-order valence-corrected chi connectivity index (χ3v) is 12.0. The van der Waals surface area contributed by atoms with Crippen LogP contribution in [0.15, 0.2) is 0 Å². The van der Waals surface area contributed by atoms with Gasteiger partial charge in [-0.1, -0.05) is 259 Å². The summed E-state index contributed by atoms with van der Waals surface area (Å²) in [6, 6.07) is 0. The van der Waals surface area contributed by atoms with E-state index in [4.69, 9.17) is 14.2 Å². The van der Waals surface area contributed by atoms with Crippen LogP contribution >= 0.6 is 0 Å². The lowest BCUT2D eigenvalue weighted by Gasteiger charge is -2.18. The molecule has 59 heavy (non-hydrogen) atoms. The van der Waals surface area contributed by atoms with Crippen molar-refractivity contribution >= 4 is 17.9 Å². The third-order valence-electron chi connectivity index (χ3n) is 12.0. The molecule has 0 radical (unpaired) electrons. The van der Waals surface area contributed by atoms with Gasteiger partial charge in [0, 0.05) is 19.3 Å². The molecule has 0 aromatic rings. The van der Waals surface area contributed by atoms with Crippen molar-refractivity contribution in [2.75, 3.05) is 13.2 Å². The van der Waals surface area contributed by atoms with E-state index in [1.807, 2.05) is 0 Å². The van der Waals surface area contributed by atoms with Crippen LogP contribution in [0.5, 0.6) is 0 Å². The summed E-state index contributed by atoms with van der Waals surface area (Å²) in [6.07, 6.45) is 49.6. The molecule has 350 valence electrons. The summed E-state index contributed by atoms with van der Waals surface area (Å²) >= 11 is 0. The van der Waals surface area contributed by atoms with Crippen molar-refractivity contribution in [2.45, 2.75) is 303 Å². The maximum atomic E-state index is 12.8. The number of carbonyl (C=O) groups excluding carboxylic acids is 3. The molecule has 0 aliphatic heterocycles. The topological polar surface area (TPSA) is 78.9 Å². The average Bonchev–Trinajstić information content (AvgIpc) is 3.22. The smallest absolute Gasteiger partial charge is 0.306 e. The Labute approximate surface area is 368 Å². The molecular weight excluding hydrogens is 733 g/mol. The van der Waals surface area contributed by atoms with Gasteiger partial charge in [0.2, 0.25) is 0 Å². The molecule has 0 aromatic carbocycles. The van der Waals surface area contributed by atoms with Gasteiger partial charge in [0.05, 0.1) is 0 Å². The van der Waals surface area contributed by atoms with Crippen LogP contribution < -0.4 is 0 Å². The Hall–Kier alpha value is -1.59. The summed E-state index contributed by atoms with van der Waals surface area (Å²) in [5, 5.41) is 0. The van der Waals surface area contributed by atoms with Crippen LogP contribution in [0.25, 0.3) is 0 Å². The van der Waals surface area contributed by atoms with Gasteiger partial charge < -0.3 is 14.2 Å². The van der Waals surface area contributed by atoms with Gasteiger partial charge in [0.1, 0.15) is 13.2 Å². The monoisotopic (exact) mass is 835 g/mol. The van der Waals surface area contributed by atoms with Crippen LogP contribution in [-0.4, -0.2) is 37.2 Å². The van der Waals surface area contributed by atoms with Gasteiger partial charge in [-0.05, 0) is 25.2 Å². The van der Waals surface area contributed by atoms with E-state index in [-0.39, 0.29) is 31.1 Å². The minimum Gasteiger partial charge on any atom is -0.462 e. The molecule has 1 atom stereocenters. The van der Waals surface area contributed by atoms with E-state index < -0.39 is 6.10 Å². The number of carbonyl (C=O) groups is 3.